The molecule has 7 nitrogen and oxygen atoms in total. The average Bonchev–Trinajstić information content (AvgIpc) is 2.68. The number of aryl methyl sites for hydroxylation is 1. The molecule has 8 heteroatoms. The largest absolute Gasteiger partial charge is 0.361 e. The first-order valence-electron chi connectivity index (χ1n) is 6.51. The molecule has 2 aromatic heterocycles. The first-order valence-corrected chi connectivity index (χ1v) is 10.2. The Bertz CT molecular complexity index is 723. The van der Waals surface area contributed by atoms with Crippen molar-refractivity contribution >= 4 is 19.2 Å². The second-order valence-electron chi connectivity index (χ2n) is 6.06. The van der Waals surface area contributed by atoms with E-state index >= 15 is 0 Å². The number of aromatic nitrogens is 4. The highest BCUT2D eigenvalue weighted by atomic mass is 28.3. The third-order valence-electron chi connectivity index (χ3n) is 3.07. The molecule has 0 saturated heterocycles. The van der Waals surface area contributed by atoms with Gasteiger partial charge in [0.15, 0.2) is 11.2 Å². The molecule has 2 heterocycles. The van der Waals surface area contributed by atoms with Crippen LogP contribution in [0, 0.1) is 0 Å². The summed E-state index contributed by atoms with van der Waals surface area (Å²) >= 11 is 0. The van der Waals surface area contributed by atoms with Gasteiger partial charge in [0.1, 0.15) is 6.73 Å². The Balaban J connectivity index is 2.20. The normalized spacial score (nSPS) is 12.2. The summed E-state index contributed by atoms with van der Waals surface area (Å²) in [6.45, 7) is 7.27. The number of H-pyrrole nitrogens is 1. The zero-order valence-electron chi connectivity index (χ0n) is 12.3. The number of nitrogens with zero attached hydrogens (tertiary/aromatic N) is 3. The second kappa shape index (κ2) is 5.37. The summed E-state index contributed by atoms with van der Waals surface area (Å²) in [4.78, 5) is 30.6. The van der Waals surface area contributed by atoms with Crippen molar-refractivity contribution in [3.05, 3.63) is 27.2 Å². The van der Waals surface area contributed by atoms with E-state index in [0.717, 1.165) is 10.6 Å². The van der Waals surface area contributed by atoms with E-state index in [2.05, 4.69) is 29.6 Å². The van der Waals surface area contributed by atoms with Crippen molar-refractivity contribution in [3.63, 3.8) is 0 Å². The molecule has 1 N–H and O–H groups in total. The summed E-state index contributed by atoms with van der Waals surface area (Å²) in [6.07, 6.45) is 1.50. The topological polar surface area (TPSA) is 81.9 Å². The van der Waals surface area contributed by atoms with Crippen LogP contribution in [0.25, 0.3) is 11.2 Å². The summed E-state index contributed by atoms with van der Waals surface area (Å²) in [6, 6.07) is 0.994. The van der Waals surface area contributed by atoms with Crippen LogP contribution in [0.1, 0.15) is 0 Å². The van der Waals surface area contributed by atoms with E-state index in [0.29, 0.717) is 17.8 Å². The summed E-state index contributed by atoms with van der Waals surface area (Å²) in [7, 11) is 0.537. The zero-order chi connectivity index (χ0) is 14.9. The molecule has 0 aromatic carbocycles. The quantitative estimate of drug-likeness (QED) is 0.651. The lowest BCUT2D eigenvalue weighted by Gasteiger charge is -2.15. The van der Waals surface area contributed by atoms with Crippen LogP contribution in [0.15, 0.2) is 15.9 Å². The van der Waals surface area contributed by atoms with E-state index in [4.69, 9.17) is 4.74 Å². The Morgan fingerprint density at radius 3 is 2.70 bits per heavy atom. The van der Waals surface area contributed by atoms with E-state index in [1.165, 1.54) is 6.33 Å². The maximum atomic E-state index is 12.2. The Kier molecular flexibility index (Phi) is 3.96. The Hall–Kier alpha value is -1.67. The fraction of sp³-hybridized carbons (Fsp3) is 0.583. The van der Waals surface area contributed by atoms with Gasteiger partial charge in [0.25, 0.3) is 5.56 Å². The van der Waals surface area contributed by atoms with Crippen molar-refractivity contribution in [1.29, 1.82) is 0 Å². The van der Waals surface area contributed by atoms with Gasteiger partial charge in [0.05, 0.1) is 6.33 Å². The van der Waals surface area contributed by atoms with Crippen molar-refractivity contribution < 1.29 is 4.74 Å². The monoisotopic (exact) mass is 296 g/mol. The first-order chi connectivity index (χ1) is 9.29. The van der Waals surface area contributed by atoms with Gasteiger partial charge in [-0.3, -0.25) is 9.78 Å². The first kappa shape index (κ1) is 14.7. The van der Waals surface area contributed by atoms with Crippen LogP contribution >= 0.6 is 0 Å². The minimum absolute atomic E-state index is 0.0280. The fourth-order valence-electron chi connectivity index (χ4n) is 1.81. The lowest BCUT2D eigenvalue weighted by atomic mass is 10.5. The number of ether oxygens (including phenoxy) is 1. The third kappa shape index (κ3) is 3.07. The molecular formula is C12H20N4O3Si. The minimum atomic E-state index is -1.18. The molecule has 2 rings (SSSR count). The van der Waals surface area contributed by atoms with Crippen molar-refractivity contribution in [2.24, 2.45) is 7.05 Å². The van der Waals surface area contributed by atoms with Gasteiger partial charge in [-0.2, -0.15) is 0 Å². The molecular weight excluding hydrogens is 276 g/mol. The number of aromatic amines is 1. The second-order valence-corrected chi connectivity index (χ2v) is 11.7. The zero-order valence-corrected chi connectivity index (χ0v) is 13.3. The standard InChI is InChI=1S/C12H20N4O3Si/c1-15-7-13-10-9(15)11(17)16(12(18)14-10)8-19-5-6-20(2,3)4/h7H,5-6,8H2,1-4H3,(H,14,18). The lowest BCUT2D eigenvalue weighted by molar-refractivity contribution is 0.0820. The molecule has 0 bridgehead atoms. The molecule has 0 spiro atoms. The summed E-state index contributed by atoms with van der Waals surface area (Å²) in [5, 5.41) is 0. The van der Waals surface area contributed by atoms with Gasteiger partial charge in [-0.05, 0) is 6.04 Å². The van der Waals surface area contributed by atoms with Crippen LogP contribution in [0.4, 0.5) is 0 Å². The highest BCUT2D eigenvalue weighted by Crippen LogP contribution is 2.07. The average molecular weight is 296 g/mol. The predicted molar refractivity (Wildman–Crippen MR) is 79.7 cm³/mol. The van der Waals surface area contributed by atoms with Gasteiger partial charge in [-0.15, -0.1) is 0 Å². The van der Waals surface area contributed by atoms with E-state index in [-0.39, 0.29) is 12.3 Å². The number of hydrogen-bond acceptors (Lipinski definition) is 4. The van der Waals surface area contributed by atoms with Crippen LogP contribution in [-0.4, -0.2) is 33.8 Å². The van der Waals surface area contributed by atoms with E-state index < -0.39 is 13.8 Å². The molecule has 0 amide bonds. The smallest absolute Gasteiger partial charge is 0.332 e. The SMILES string of the molecule is Cn1cnc2[nH]c(=O)n(COCC[Si](C)(C)C)c(=O)c21. The Morgan fingerprint density at radius 1 is 1.35 bits per heavy atom. The highest BCUT2D eigenvalue weighted by molar-refractivity contribution is 6.76. The number of fused-ring (bicyclic) bond motifs is 1. The molecule has 110 valence electrons. The van der Waals surface area contributed by atoms with Crippen molar-refractivity contribution in [1.82, 2.24) is 19.1 Å². The molecule has 0 unspecified atom stereocenters. The molecule has 0 aliphatic rings. The number of hydrogen-bond donors (Lipinski definition) is 1. The highest BCUT2D eigenvalue weighted by Gasteiger charge is 2.14. The lowest BCUT2D eigenvalue weighted by Crippen LogP contribution is -2.36. The Labute approximate surface area is 117 Å². The molecule has 0 saturated carbocycles. The predicted octanol–water partition coefficient (Wildman–Crippen LogP) is 0.736. The number of nitrogens with one attached hydrogen (secondary N) is 1. The van der Waals surface area contributed by atoms with Gasteiger partial charge in [-0.25, -0.2) is 14.3 Å². The summed E-state index contributed by atoms with van der Waals surface area (Å²) in [5.41, 5.74) is -0.190. The van der Waals surface area contributed by atoms with Crippen molar-refractivity contribution in [2.45, 2.75) is 32.4 Å². The van der Waals surface area contributed by atoms with E-state index in [9.17, 15) is 9.59 Å². The van der Waals surface area contributed by atoms with Crippen LogP contribution in [0.5, 0.6) is 0 Å². The minimum Gasteiger partial charge on any atom is -0.361 e. The molecule has 2 aromatic rings. The van der Waals surface area contributed by atoms with Crippen LogP contribution in [0.3, 0.4) is 0 Å². The molecule has 0 aliphatic heterocycles. The molecule has 0 atom stereocenters. The van der Waals surface area contributed by atoms with Gasteiger partial charge in [0, 0.05) is 21.7 Å². The summed E-state index contributed by atoms with van der Waals surface area (Å²) in [5.74, 6) is 0. The molecule has 0 aliphatic carbocycles. The fourth-order valence-corrected chi connectivity index (χ4v) is 2.57. The van der Waals surface area contributed by atoms with Gasteiger partial charge >= 0.3 is 5.69 Å². The van der Waals surface area contributed by atoms with E-state index in [1.54, 1.807) is 11.6 Å². The van der Waals surface area contributed by atoms with Crippen LogP contribution in [0.2, 0.25) is 25.7 Å². The molecule has 0 radical (unpaired) electrons. The number of imidazole rings is 1. The van der Waals surface area contributed by atoms with E-state index in [1.807, 2.05) is 0 Å². The maximum absolute atomic E-state index is 12.2. The van der Waals surface area contributed by atoms with Gasteiger partial charge in [0.2, 0.25) is 0 Å². The molecule has 20 heavy (non-hydrogen) atoms. The maximum Gasteiger partial charge on any atom is 0.332 e. The van der Waals surface area contributed by atoms with Crippen LogP contribution < -0.4 is 11.2 Å². The third-order valence-corrected chi connectivity index (χ3v) is 4.78. The van der Waals surface area contributed by atoms with Crippen molar-refractivity contribution in [3.8, 4) is 0 Å². The van der Waals surface area contributed by atoms with Crippen LogP contribution in [-0.2, 0) is 18.5 Å². The Morgan fingerprint density at radius 2 is 2.05 bits per heavy atom. The van der Waals surface area contributed by atoms with Gasteiger partial charge in [-0.1, -0.05) is 19.6 Å². The number of rotatable bonds is 5. The molecule has 0 fully saturated rings. The van der Waals surface area contributed by atoms with Crippen molar-refractivity contribution in [2.75, 3.05) is 6.61 Å². The summed E-state index contributed by atoms with van der Waals surface area (Å²) < 4.78 is 8.12. The van der Waals surface area contributed by atoms with Gasteiger partial charge < -0.3 is 9.30 Å².